The summed E-state index contributed by atoms with van der Waals surface area (Å²) in [5, 5.41) is 1.55. The molecule has 20 heavy (non-hydrogen) atoms. The van der Waals surface area contributed by atoms with E-state index in [0.717, 1.165) is 10.6 Å². The third-order valence-corrected chi connectivity index (χ3v) is 6.38. The summed E-state index contributed by atoms with van der Waals surface area (Å²) in [5.74, 6) is 0.566. The second kappa shape index (κ2) is 5.55. The highest BCUT2D eigenvalue weighted by Crippen LogP contribution is 2.49. The molecule has 0 heterocycles. The van der Waals surface area contributed by atoms with Crippen molar-refractivity contribution in [2.45, 2.75) is 25.9 Å². The normalized spacial score (nSPS) is 16.9. The molecule has 3 rings (SSSR count). The molecule has 2 aromatic carbocycles. The van der Waals surface area contributed by atoms with E-state index in [1.807, 2.05) is 67.6 Å². The maximum atomic E-state index is 13.5. The lowest BCUT2D eigenvalue weighted by Gasteiger charge is -2.23. The Morgan fingerprint density at radius 3 is 1.80 bits per heavy atom. The van der Waals surface area contributed by atoms with Crippen molar-refractivity contribution in [2.24, 2.45) is 5.92 Å². The molecule has 0 aromatic heterocycles. The number of rotatable bonds is 5. The van der Waals surface area contributed by atoms with E-state index < -0.39 is 7.37 Å². The summed E-state index contributed by atoms with van der Waals surface area (Å²) >= 11 is 0. The van der Waals surface area contributed by atoms with Gasteiger partial charge in [0.1, 0.15) is 0 Å². The molecule has 104 valence electrons. The molecule has 0 N–H and O–H groups in total. The Morgan fingerprint density at radius 1 is 0.950 bits per heavy atom. The molecule has 0 amide bonds. The van der Waals surface area contributed by atoms with Crippen LogP contribution in [0.1, 0.15) is 19.8 Å². The van der Waals surface area contributed by atoms with Crippen molar-refractivity contribution in [1.82, 2.24) is 0 Å². The number of hydrogen-bond donors (Lipinski definition) is 0. The van der Waals surface area contributed by atoms with Gasteiger partial charge in [-0.1, -0.05) is 36.4 Å². The average molecular weight is 286 g/mol. The van der Waals surface area contributed by atoms with E-state index in [2.05, 4.69) is 0 Å². The van der Waals surface area contributed by atoms with E-state index in [9.17, 15) is 4.57 Å². The zero-order valence-corrected chi connectivity index (χ0v) is 12.5. The Hall–Kier alpha value is -1.37. The number of hydrogen-bond acceptors (Lipinski definition) is 2. The largest absolute Gasteiger partial charge is 0.319 e. The molecule has 0 saturated heterocycles. The lowest BCUT2D eigenvalue weighted by molar-refractivity contribution is 0.209. The molecule has 1 atom stereocenters. The molecule has 1 aliphatic carbocycles. The van der Waals surface area contributed by atoms with Crippen LogP contribution in [0, 0.1) is 5.92 Å². The minimum absolute atomic E-state index is 0.0428. The Kier molecular flexibility index (Phi) is 3.78. The van der Waals surface area contributed by atoms with Crippen molar-refractivity contribution in [1.29, 1.82) is 0 Å². The van der Waals surface area contributed by atoms with Crippen molar-refractivity contribution < 1.29 is 9.09 Å². The van der Waals surface area contributed by atoms with Crippen molar-refractivity contribution in [3.05, 3.63) is 60.7 Å². The van der Waals surface area contributed by atoms with Gasteiger partial charge in [0.25, 0.3) is 7.37 Å². The van der Waals surface area contributed by atoms with Crippen LogP contribution in [0.5, 0.6) is 0 Å². The molecule has 0 aliphatic heterocycles. The fraction of sp³-hybridized carbons (Fsp3) is 0.294. The van der Waals surface area contributed by atoms with E-state index in [1.165, 1.54) is 12.8 Å². The van der Waals surface area contributed by atoms with Gasteiger partial charge in [0.2, 0.25) is 0 Å². The van der Waals surface area contributed by atoms with Crippen molar-refractivity contribution in [3.63, 3.8) is 0 Å². The zero-order chi connectivity index (χ0) is 14.0. The van der Waals surface area contributed by atoms with Crippen LogP contribution in [0.2, 0.25) is 0 Å². The summed E-state index contributed by atoms with van der Waals surface area (Å²) in [7, 11) is -2.99. The molecule has 2 aromatic rings. The topological polar surface area (TPSA) is 26.3 Å². The van der Waals surface area contributed by atoms with Gasteiger partial charge in [-0.05, 0) is 49.9 Å². The van der Waals surface area contributed by atoms with E-state index >= 15 is 0 Å². The van der Waals surface area contributed by atoms with Gasteiger partial charge in [-0.25, -0.2) is 0 Å². The van der Waals surface area contributed by atoms with Crippen molar-refractivity contribution in [3.8, 4) is 0 Å². The zero-order valence-electron chi connectivity index (χ0n) is 11.6. The van der Waals surface area contributed by atoms with Gasteiger partial charge in [0, 0.05) is 10.6 Å². The van der Waals surface area contributed by atoms with Gasteiger partial charge >= 0.3 is 0 Å². The lowest BCUT2D eigenvalue weighted by atomic mass is 10.3. The van der Waals surface area contributed by atoms with Gasteiger partial charge in [-0.15, -0.1) is 0 Å². The summed E-state index contributed by atoms with van der Waals surface area (Å²) in [5.41, 5.74) is 0. The molecule has 0 spiro atoms. The molecular formula is C17H19O2P. The summed E-state index contributed by atoms with van der Waals surface area (Å²) in [6.45, 7) is 2.04. The average Bonchev–Trinajstić information content (AvgIpc) is 3.34. The Morgan fingerprint density at radius 2 is 1.40 bits per heavy atom. The van der Waals surface area contributed by atoms with E-state index in [4.69, 9.17) is 4.52 Å². The van der Waals surface area contributed by atoms with Gasteiger partial charge in [-0.3, -0.25) is 4.57 Å². The Bertz CT molecular complexity index is 562. The first-order valence-electron chi connectivity index (χ1n) is 7.10. The monoisotopic (exact) mass is 286 g/mol. The third-order valence-electron chi connectivity index (χ3n) is 3.79. The molecule has 1 saturated carbocycles. The molecule has 0 unspecified atom stereocenters. The fourth-order valence-corrected chi connectivity index (χ4v) is 4.72. The maximum Gasteiger partial charge on any atom is 0.261 e. The van der Waals surface area contributed by atoms with Crippen LogP contribution in [0.15, 0.2) is 60.7 Å². The molecule has 1 fully saturated rings. The minimum atomic E-state index is -2.99. The lowest BCUT2D eigenvalue weighted by Crippen LogP contribution is -2.22. The van der Waals surface area contributed by atoms with E-state index in [0.29, 0.717) is 5.92 Å². The van der Waals surface area contributed by atoms with Gasteiger partial charge in [-0.2, -0.15) is 0 Å². The van der Waals surface area contributed by atoms with E-state index in [-0.39, 0.29) is 6.10 Å². The Balaban J connectivity index is 2.00. The van der Waals surface area contributed by atoms with Crippen LogP contribution in [0.3, 0.4) is 0 Å². The molecule has 3 heteroatoms. The molecular weight excluding hydrogens is 267 g/mol. The van der Waals surface area contributed by atoms with Gasteiger partial charge in [0.05, 0.1) is 6.10 Å². The first-order valence-corrected chi connectivity index (χ1v) is 8.72. The minimum Gasteiger partial charge on any atom is -0.319 e. The van der Waals surface area contributed by atoms with Gasteiger partial charge < -0.3 is 4.52 Å². The highest BCUT2D eigenvalue weighted by Gasteiger charge is 2.36. The first kappa shape index (κ1) is 13.6. The van der Waals surface area contributed by atoms with Crippen LogP contribution < -0.4 is 10.6 Å². The standard InChI is InChI=1S/C17H19O2P/c1-14(15-12-13-15)19-20(18,16-8-4-2-5-9-16)17-10-6-3-7-11-17/h2-11,14-15H,12-13H2,1H3/t14-/m0/s1. The molecule has 2 nitrogen and oxygen atoms in total. The SMILES string of the molecule is C[C@H](OP(=O)(c1ccccc1)c1ccccc1)C1CC1. The van der Waals surface area contributed by atoms with Crippen LogP contribution in [-0.4, -0.2) is 6.10 Å². The summed E-state index contributed by atoms with van der Waals surface area (Å²) in [6.07, 6.45) is 2.41. The van der Waals surface area contributed by atoms with Crippen LogP contribution in [0.25, 0.3) is 0 Å². The number of benzene rings is 2. The highest BCUT2D eigenvalue weighted by atomic mass is 31.2. The van der Waals surface area contributed by atoms with E-state index in [1.54, 1.807) is 0 Å². The van der Waals surface area contributed by atoms with Crippen molar-refractivity contribution >= 4 is 18.0 Å². The third kappa shape index (κ3) is 2.72. The smallest absolute Gasteiger partial charge is 0.261 e. The van der Waals surface area contributed by atoms with Gasteiger partial charge in [0.15, 0.2) is 0 Å². The second-order valence-corrected chi connectivity index (χ2v) is 7.72. The van der Waals surface area contributed by atoms with Crippen LogP contribution in [-0.2, 0) is 9.09 Å². The maximum absolute atomic E-state index is 13.5. The fourth-order valence-electron chi connectivity index (χ4n) is 2.41. The summed E-state index contributed by atoms with van der Waals surface area (Å²) in [6, 6.07) is 19.1. The molecule has 0 radical (unpaired) electrons. The van der Waals surface area contributed by atoms with Crippen LogP contribution >= 0.6 is 7.37 Å². The molecule has 0 bridgehead atoms. The van der Waals surface area contributed by atoms with Crippen molar-refractivity contribution in [2.75, 3.05) is 0 Å². The first-order chi connectivity index (χ1) is 9.70. The second-order valence-electron chi connectivity index (χ2n) is 5.37. The highest BCUT2D eigenvalue weighted by molar-refractivity contribution is 7.74. The Labute approximate surface area is 120 Å². The predicted octanol–water partition coefficient (Wildman–Crippen LogP) is 3.73. The summed E-state index contributed by atoms with van der Waals surface area (Å²) in [4.78, 5) is 0. The predicted molar refractivity (Wildman–Crippen MR) is 83.0 cm³/mol. The quantitative estimate of drug-likeness (QED) is 0.783. The summed E-state index contributed by atoms with van der Waals surface area (Å²) < 4.78 is 19.6. The van der Waals surface area contributed by atoms with Crippen LogP contribution in [0.4, 0.5) is 0 Å². The molecule has 1 aliphatic rings.